The third kappa shape index (κ3) is 4.14. The molecule has 3 aliphatic carbocycles. The lowest BCUT2D eigenvalue weighted by Crippen LogP contribution is -2.32. The van der Waals surface area contributed by atoms with Gasteiger partial charge in [-0.05, 0) is 54.7 Å². The molecule has 0 aromatic heterocycles. The van der Waals surface area contributed by atoms with Gasteiger partial charge >= 0.3 is 0 Å². The molecule has 0 fully saturated rings. The van der Waals surface area contributed by atoms with Crippen molar-refractivity contribution in [2.24, 2.45) is 23.7 Å². The van der Waals surface area contributed by atoms with Crippen molar-refractivity contribution < 1.29 is 0 Å². The lowest BCUT2D eigenvalue weighted by atomic mass is 9.69. The zero-order valence-electron chi connectivity index (χ0n) is 21.1. The Bertz CT molecular complexity index is 1640. The van der Waals surface area contributed by atoms with Gasteiger partial charge in [0, 0.05) is 70.6 Å². The Morgan fingerprint density at radius 1 is 0.538 bits per heavy atom. The van der Waals surface area contributed by atoms with Gasteiger partial charge in [-0.2, -0.15) is 0 Å². The van der Waals surface area contributed by atoms with Crippen molar-refractivity contribution in [3.63, 3.8) is 0 Å². The number of hydrogen-bond donors (Lipinski definition) is 0. The first-order valence-electron chi connectivity index (χ1n) is 13.1. The summed E-state index contributed by atoms with van der Waals surface area (Å²) in [4.78, 5) is 17.5. The minimum atomic E-state index is 0.614. The van der Waals surface area contributed by atoms with Gasteiger partial charge in [0.15, 0.2) is 0 Å². The summed E-state index contributed by atoms with van der Waals surface area (Å²) in [7, 11) is 0. The van der Waals surface area contributed by atoms with Gasteiger partial charge in [0.05, 0.1) is 8.47 Å². The maximum atomic E-state index is 2.52. The maximum Gasteiger partial charge on any atom is 0.0706 e. The summed E-state index contributed by atoms with van der Waals surface area (Å²) in [5, 5.41) is 0. The smallest absolute Gasteiger partial charge is 0.0706 e. The summed E-state index contributed by atoms with van der Waals surface area (Å²) in [5.74, 6) is 2.77. The normalized spacial score (nSPS) is 25.5. The zero-order valence-corrected chi connectivity index (χ0v) is 27.6. The molecule has 3 atom stereocenters. The van der Waals surface area contributed by atoms with E-state index in [-0.39, 0.29) is 0 Å². The van der Waals surface area contributed by atoms with Gasteiger partial charge in [-0.15, -0.1) is 0 Å². The zero-order chi connectivity index (χ0) is 25.8. The van der Waals surface area contributed by atoms with Gasteiger partial charge in [0.25, 0.3) is 0 Å². The molecule has 194 valence electrons. The maximum absolute atomic E-state index is 2.52. The molecule has 0 saturated heterocycles. The highest BCUT2D eigenvalue weighted by molar-refractivity contribution is 8.30. The Labute approximate surface area is 263 Å². The summed E-state index contributed by atoms with van der Waals surface area (Å²) in [5.41, 5.74) is 0. The minimum Gasteiger partial charge on any atom is -0.0918 e. The largest absolute Gasteiger partial charge is 0.0918 e. The summed E-state index contributed by atoms with van der Waals surface area (Å²) in [6.07, 6.45) is 6.35. The Morgan fingerprint density at radius 3 is 1.51 bits per heavy atom. The highest BCUT2D eigenvalue weighted by Crippen LogP contribution is 2.66. The highest BCUT2D eigenvalue weighted by atomic mass is 32.2. The molecule has 0 spiro atoms. The number of thioether (sulfide) groups is 6. The number of hydrogen-bond acceptors (Lipinski definition) is 8. The van der Waals surface area contributed by atoms with E-state index in [0.717, 1.165) is 11.8 Å². The monoisotopic (exact) mass is 650 g/mol. The fourth-order valence-corrected chi connectivity index (χ4v) is 16.9. The van der Waals surface area contributed by atoms with E-state index in [0.29, 0.717) is 11.8 Å². The van der Waals surface area contributed by atoms with Crippen LogP contribution >= 0.6 is 94.1 Å². The van der Waals surface area contributed by atoms with Crippen molar-refractivity contribution in [3.8, 4) is 0 Å². The van der Waals surface area contributed by atoms with Crippen molar-refractivity contribution in [1.29, 1.82) is 0 Å². The van der Waals surface area contributed by atoms with Crippen molar-refractivity contribution in [3.05, 3.63) is 79.0 Å². The number of allylic oxidation sites excluding steroid dienone is 4. The molecule has 4 aliphatic heterocycles. The summed E-state index contributed by atoms with van der Waals surface area (Å²) < 4.78 is 2.90. The molecule has 3 aromatic carbocycles. The van der Waals surface area contributed by atoms with Gasteiger partial charge < -0.3 is 0 Å². The molecule has 8 heteroatoms. The van der Waals surface area contributed by atoms with Gasteiger partial charge in [-0.1, -0.05) is 132 Å². The second-order valence-electron chi connectivity index (χ2n) is 10.7. The summed E-state index contributed by atoms with van der Waals surface area (Å²) in [6.45, 7) is 4.82. The highest BCUT2D eigenvalue weighted by Gasteiger charge is 2.42. The molecule has 39 heavy (non-hydrogen) atoms. The molecule has 2 bridgehead atoms. The number of fused-ring (bicyclic) bond motifs is 6. The van der Waals surface area contributed by atoms with E-state index in [1.807, 2.05) is 70.6 Å². The number of rotatable bonds is 1. The Hall–Kier alpha value is -0.320. The van der Waals surface area contributed by atoms with Crippen molar-refractivity contribution >= 4 is 94.1 Å². The van der Waals surface area contributed by atoms with E-state index in [4.69, 9.17) is 0 Å². The number of benzene rings is 3. The molecule has 3 aromatic rings. The van der Waals surface area contributed by atoms with E-state index in [1.54, 1.807) is 9.81 Å². The SMILES string of the molecule is CC(C)C1CC2C=CC1C1=C2Sc2cc3c(cc2S1)SC(=C1Sc2cc4c(cc2S1)Sc1ccccc1S4)S3. The van der Waals surface area contributed by atoms with Crippen LogP contribution in [-0.2, 0) is 0 Å². The fourth-order valence-electron chi connectivity index (χ4n) is 6.05. The fraction of sp³-hybridized carbons (Fsp3) is 0.226. The van der Waals surface area contributed by atoms with Crippen LogP contribution < -0.4 is 0 Å². The second-order valence-corrected chi connectivity index (χ2v) is 19.8. The predicted molar refractivity (Wildman–Crippen MR) is 176 cm³/mol. The molecule has 0 saturated carbocycles. The van der Waals surface area contributed by atoms with Crippen LogP contribution in [0, 0.1) is 23.7 Å². The first-order chi connectivity index (χ1) is 19.1. The van der Waals surface area contributed by atoms with Gasteiger partial charge in [-0.25, -0.2) is 0 Å². The lowest BCUT2D eigenvalue weighted by molar-refractivity contribution is 0.262. The third-order valence-corrected chi connectivity index (χ3v) is 18.9. The topological polar surface area (TPSA) is 0 Å². The van der Waals surface area contributed by atoms with Crippen LogP contribution in [0.15, 0.2) is 128 Å². The van der Waals surface area contributed by atoms with Gasteiger partial charge in [-0.3, -0.25) is 0 Å². The quantitative estimate of drug-likeness (QED) is 0.184. The molecule has 0 N–H and O–H groups in total. The average molecular weight is 651 g/mol. The van der Waals surface area contributed by atoms with Crippen molar-refractivity contribution in [2.75, 3.05) is 0 Å². The second kappa shape index (κ2) is 9.60. The minimum absolute atomic E-state index is 0.614. The molecular weight excluding hydrogens is 629 g/mol. The molecule has 0 nitrogen and oxygen atoms in total. The molecule has 4 heterocycles. The van der Waals surface area contributed by atoms with E-state index in [1.165, 1.54) is 63.8 Å². The van der Waals surface area contributed by atoms with E-state index >= 15 is 0 Å². The summed E-state index contributed by atoms with van der Waals surface area (Å²) >= 11 is 15.9. The average Bonchev–Trinajstić information content (AvgIpc) is 3.56. The van der Waals surface area contributed by atoms with Crippen molar-refractivity contribution in [2.45, 2.75) is 69.2 Å². The van der Waals surface area contributed by atoms with Crippen LogP contribution in [0.25, 0.3) is 0 Å². The Kier molecular flexibility index (Phi) is 6.20. The van der Waals surface area contributed by atoms with Crippen LogP contribution in [0.3, 0.4) is 0 Å². The van der Waals surface area contributed by atoms with Gasteiger partial charge in [0.1, 0.15) is 0 Å². The Balaban J connectivity index is 0.987. The lowest BCUT2D eigenvalue weighted by Gasteiger charge is -2.44. The molecule has 0 radical (unpaired) electrons. The Morgan fingerprint density at radius 2 is 1.00 bits per heavy atom. The molecular formula is C31H22S8. The van der Waals surface area contributed by atoms with E-state index in [9.17, 15) is 0 Å². The van der Waals surface area contributed by atoms with Gasteiger partial charge in [0.2, 0.25) is 0 Å². The van der Waals surface area contributed by atoms with Crippen LogP contribution in [0.1, 0.15) is 20.3 Å². The van der Waals surface area contributed by atoms with Crippen LogP contribution in [0.5, 0.6) is 0 Å². The van der Waals surface area contributed by atoms with Crippen LogP contribution in [-0.4, -0.2) is 0 Å². The van der Waals surface area contributed by atoms with E-state index < -0.39 is 0 Å². The standard InChI is InChI=1S/C31H22S8/c1-14(2)17-9-15-7-8-16(17)29-28(15)34-22-12-26-27(13-23(22)35-29)39-31(38-26)30-36-24-10-20-21(11-25(24)37-30)33-19-6-4-3-5-18(19)32-20/h3-8,10-17H,9H2,1-2H3. The molecule has 10 rings (SSSR count). The molecule has 7 aliphatic rings. The predicted octanol–water partition coefficient (Wildman–Crippen LogP) is 12.4. The first kappa shape index (κ1) is 25.2. The van der Waals surface area contributed by atoms with Crippen LogP contribution in [0.4, 0.5) is 0 Å². The first-order valence-corrected chi connectivity index (χ1v) is 19.6. The van der Waals surface area contributed by atoms with Crippen molar-refractivity contribution in [1.82, 2.24) is 0 Å². The molecule has 3 unspecified atom stereocenters. The van der Waals surface area contributed by atoms with E-state index in [2.05, 4.69) is 98.1 Å². The molecule has 0 amide bonds. The summed E-state index contributed by atoms with van der Waals surface area (Å²) in [6, 6.07) is 18.6. The van der Waals surface area contributed by atoms with Crippen LogP contribution in [0.2, 0.25) is 0 Å². The third-order valence-electron chi connectivity index (χ3n) is 8.00.